The lowest BCUT2D eigenvalue weighted by Crippen LogP contribution is -1.87. The molecule has 0 aliphatic rings. The average Bonchev–Trinajstić information content (AvgIpc) is 3.20. The Labute approximate surface area is 174 Å². The number of H-pyrrole nitrogens is 1. The third-order valence-corrected chi connectivity index (χ3v) is 6.20. The fourth-order valence-electron chi connectivity index (χ4n) is 2.88. The summed E-state index contributed by atoms with van der Waals surface area (Å²) in [6.45, 7) is 0. The molecule has 4 rings (SSSR count). The zero-order valence-electron chi connectivity index (χ0n) is 15.4. The normalized spacial score (nSPS) is 10.9. The monoisotopic (exact) mass is 403 g/mol. The minimum atomic E-state index is 0.973. The van der Waals surface area contributed by atoms with Gasteiger partial charge in [-0.05, 0) is 18.6 Å². The van der Waals surface area contributed by atoms with Crippen molar-refractivity contribution in [2.75, 3.05) is 11.5 Å². The van der Waals surface area contributed by atoms with Crippen LogP contribution in [-0.2, 0) is 0 Å². The number of nitrogens with one attached hydrogen (secondary N) is 1. The summed E-state index contributed by atoms with van der Waals surface area (Å²) in [5.74, 6) is 2.08. The Balaban J connectivity index is 1.44. The topological polar surface area (TPSA) is 41.6 Å². The van der Waals surface area contributed by atoms with E-state index in [1.165, 1.54) is 0 Å². The number of rotatable bonds is 8. The van der Waals surface area contributed by atoms with Crippen LogP contribution in [0.2, 0.25) is 0 Å². The number of hydrogen-bond donors (Lipinski definition) is 1. The van der Waals surface area contributed by atoms with Gasteiger partial charge in [-0.3, -0.25) is 0 Å². The lowest BCUT2D eigenvalue weighted by Gasteiger charge is -2.02. The molecule has 0 atom stereocenters. The van der Waals surface area contributed by atoms with E-state index in [0.717, 1.165) is 50.6 Å². The maximum Gasteiger partial charge on any atom is 0.166 e. The van der Waals surface area contributed by atoms with E-state index in [2.05, 4.69) is 64.6 Å². The van der Waals surface area contributed by atoms with Gasteiger partial charge in [-0.15, -0.1) is 11.8 Å². The molecule has 0 unspecified atom stereocenters. The van der Waals surface area contributed by atoms with E-state index in [4.69, 9.17) is 4.98 Å². The molecule has 140 valence electrons. The molecule has 28 heavy (non-hydrogen) atoms. The number of nitrogens with zero attached hydrogens (tertiary/aromatic N) is 2. The highest BCUT2D eigenvalue weighted by molar-refractivity contribution is 8.00. The van der Waals surface area contributed by atoms with Crippen molar-refractivity contribution >= 4 is 23.5 Å². The number of aromatic amines is 1. The first-order valence-electron chi connectivity index (χ1n) is 9.27. The number of imidazole rings is 1. The van der Waals surface area contributed by atoms with Crippen molar-refractivity contribution in [2.45, 2.75) is 16.6 Å². The molecule has 3 nitrogen and oxygen atoms in total. The second-order valence-electron chi connectivity index (χ2n) is 6.22. The van der Waals surface area contributed by atoms with E-state index in [0.29, 0.717) is 0 Å². The fraction of sp³-hybridized carbons (Fsp3) is 0.130. The summed E-state index contributed by atoms with van der Waals surface area (Å²) >= 11 is 3.58. The first-order valence-corrected chi connectivity index (χ1v) is 11.2. The highest BCUT2D eigenvalue weighted by Gasteiger charge is 2.14. The first kappa shape index (κ1) is 18.8. The number of thioether (sulfide) groups is 2. The van der Waals surface area contributed by atoms with Crippen LogP contribution in [0.15, 0.2) is 95.2 Å². The second kappa shape index (κ2) is 9.62. The summed E-state index contributed by atoms with van der Waals surface area (Å²) in [6, 6.07) is 26.8. The third kappa shape index (κ3) is 4.86. The largest absolute Gasteiger partial charge is 0.332 e. The van der Waals surface area contributed by atoms with E-state index < -0.39 is 0 Å². The molecule has 2 heterocycles. The summed E-state index contributed by atoms with van der Waals surface area (Å²) in [7, 11) is 0. The lowest BCUT2D eigenvalue weighted by atomic mass is 10.1. The van der Waals surface area contributed by atoms with Gasteiger partial charge in [0.1, 0.15) is 0 Å². The predicted octanol–water partition coefficient (Wildman–Crippen LogP) is 6.41. The zero-order valence-corrected chi connectivity index (χ0v) is 17.0. The standard InChI is InChI=1S/C23H21N3S2/c1-3-10-18(11-4-1)21-22(19-12-5-2-6-13-19)26-23(25-21)28-17-9-16-27-20-14-7-8-15-24-20/h1-8,10-15H,9,16-17H2,(H,25,26). The Hall–Kier alpha value is -2.50. The fourth-order valence-corrected chi connectivity index (χ4v) is 4.68. The molecule has 0 saturated heterocycles. The number of benzene rings is 2. The van der Waals surface area contributed by atoms with Gasteiger partial charge in [0.25, 0.3) is 0 Å². The molecule has 0 bridgehead atoms. The van der Waals surface area contributed by atoms with Gasteiger partial charge in [0, 0.05) is 28.8 Å². The number of hydrogen-bond acceptors (Lipinski definition) is 4. The van der Waals surface area contributed by atoms with Crippen LogP contribution < -0.4 is 0 Å². The van der Waals surface area contributed by atoms with Crippen molar-refractivity contribution in [1.29, 1.82) is 0 Å². The third-order valence-electron chi connectivity index (χ3n) is 4.21. The van der Waals surface area contributed by atoms with Gasteiger partial charge in [-0.25, -0.2) is 9.97 Å². The summed E-state index contributed by atoms with van der Waals surface area (Å²) in [6.07, 6.45) is 2.95. The molecule has 0 saturated carbocycles. The Kier molecular flexibility index (Phi) is 6.48. The smallest absolute Gasteiger partial charge is 0.166 e. The van der Waals surface area contributed by atoms with Crippen LogP contribution in [0.25, 0.3) is 22.5 Å². The van der Waals surface area contributed by atoms with Gasteiger partial charge in [-0.2, -0.15) is 0 Å². The van der Waals surface area contributed by atoms with Crippen LogP contribution in [0.3, 0.4) is 0 Å². The Morgan fingerprint density at radius 1 is 0.714 bits per heavy atom. The molecule has 4 aromatic rings. The van der Waals surface area contributed by atoms with Crippen molar-refractivity contribution in [2.24, 2.45) is 0 Å². The van der Waals surface area contributed by atoms with Gasteiger partial charge in [0.05, 0.1) is 16.4 Å². The molecule has 2 aromatic heterocycles. The quantitative estimate of drug-likeness (QED) is 0.272. The van der Waals surface area contributed by atoms with Crippen LogP contribution in [0.1, 0.15) is 6.42 Å². The molecule has 1 N–H and O–H groups in total. The van der Waals surface area contributed by atoms with E-state index in [1.807, 2.05) is 30.5 Å². The van der Waals surface area contributed by atoms with Crippen LogP contribution >= 0.6 is 23.5 Å². The first-order chi connectivity index (χ1) is 13.9. The molecule has 0 radical (unpaired) electrons. The molecule has 2 aromatic carbocycles. The summed E-state index contributed by atoms with van der Waals surface area (Å²) in [4.78, 5) is 12.8. The summed E-state index contributed by atoms with van der Waals surface area (Å²) in [5.41, 5.74) is 4.39. The number of pyridine rings is 1. The molecule has 0 spiro atoms. The average molecular weight is 404 g/mol. The van der Waals surface area contributed by atoms with E-state index in [1.54, 1.807) is 23.5 Å². The zero-order chi connectivity index (χ0) is 19.0. The van der Waals surface area contributed by atoms with Crippen LogP contribution in [0.5, 0.6) is 0 Å². The predicted molar refractivity (Wildman–Crippen MR) is 120 cm³/mol. The highest BCUT2D eigenvalue weighted by atomic mass is 32.2. The lowest BCUT2D eigenvalue weighted by molar-refractivity contribution is 1.04. The van der Waals surface area contributed by atoms with E-state index in [-0.39, 0.29) is 0 Å². The second-order valence-corrected chi connectivity index (χ2v) is 8.41. The highest BCUT2D eigenvalue weighted by Crippen LogP contribution is 2.32. The summed E-state index contributed by atoms with van der Waals surface area (Å²) < 4.78 is 0. The van der Waals surface area contributed by atoms with Crippen LogP contribution in [0, 0.1) is 0 Å². The molecule has 0 fully saturated rings. The van der Waals surface area contributed by atoms with Crippen molar-refractivity contribution in [3.05, 3.63) is 85.1 Å². The Bertz CT molecular complexity index is 929. The molecular weight excluding hydrogens is 382 g/mol. The maximum atomic E-state index is 4.90. The van der Waals surface area contributed by atoms with Gasteiger partial charge in [0.15, 0.2) is 5.16 Å². The Morgan fingerprint density at radius 2 is 1.39 bits per heavy atom. The van der Waals surface area contributed by atoms with E-state index in [9.17, 15) is 0 Å². The van der Waals surface area contributed by atoms with Crippen molar-refractivity contribution < 1.29 is 0 Å². The van der Waals surface area contributed by atoms with Crippen LogP contribution in [-0.4, -0.2) is 26.5 Å². The van der Waals surface area contributed by atoms with Gasteiger partial charge in [-0.1, -0.05) is 78.5 Å². The van der Waals surface area contributed by atoms with Crippen molar-refractivity contribution in [3.63, 3.8) is 0 Å². The van der Waals surface area contributed by atoms with Gasteiger partial charge >= 0.3 is 0 Å². The SMILES string of the molecule is c1ccc(-c2nc(SCCCSc3ccccn3)[nH]c2-c2ccccc2)cc1. The molecule has 0 amide bonds. The van der Waals surface area contributed by atoms with Crippen LogP contribution in [0.4, 0.5) is 0 Å². The van der Waals surface area contributed by atoms with Crippen molar-refractivity contribution in [3.8, 4) is 22.5 Å². The minimum Gasteiger partial charge on any atom is -0.332 e. The molecule has 0 aliphatic carbocycles. The molecule has 5 heteroatoms. The molecule has 0 aliphatic heterocycles. The summed E-state index contributed by atoms with van der Waals surface area (Å²) in [5, 5.41) is 2.06. The number of aromatic nitrogens is 3. The minimum absolute atomic E-state index is 0.973. The van der Waals surface area contributed by atoms with Crippen molar-refractivity contribution in [1.82, 2.24) is 15.0 Å². The molecular formula is C23H21N3S2. The Morgan fingerprint density at radius 3 is 2.11 bits per heavy atom. The van der Waals surface area contributed by atoms with Gasteiger partial charge in [0.2, 0.25) is 0 Å². The van der Waals surface area contributed by atoms with E-state index >= 15 is 0 Å². The van der Waals surface area contributed by atoms with Gasteiger partial charge < -0.3 is 4.98 Å². The maximum absolute atomic E-state index is 4.90.